The molecule has 1 fully saturated rings. The van der Waals surface area contributed by atoms with Crippen molar-refractivity contribution in [1.82, 2.24) is 5.32 Å². The van der Waals surface area contributed by atoms with Gasteiger partial charge in [-0.3, -0.25) is 14.9 Å². The second kappa shape index (κ2) is 7.95. The van der Waals surface area contributed by atoms with Gasteiger partial charge < -0.3 is 10.1 Å². The number of amides is 1. The SMILES string of the molecule is NS(=O)(=O)c1ccc(OCC(=O)NC(c2ccccc2)C2CC2)c([N+](=O)[O-])c1. The average Bonchev–Trinajstić information content (AvgIpc) is 3.49. The number of carbonyl (C=O) groups excluding carboxylic acids is 1. The zero-order chi connectivity index (χ0) is 20.3. The van der Waals surface area contributed by atoms with E-state index in [-0.39, 0.29) is 11.8 Å². The van der Waals surface area contributed by atoms with Crippen molar-refractivity contribution < 1.29 is 22.9 Å². The van der Waals surface area contributed by atoms with Crippen LogP contribution in [0.4, 0.5) is 5.69 Å². The Bertz CT molecular complexity index is 990. The van der Waals surface area contributed by atoms with Crippen LogP contribution in [0.25, 0.3) is 0 Å². The number of benzene rings is 2. The van der Waals surface area contributed by atoms with Crippen molar-refractivity contribution in [2.45, 2.75) is 23.8 Å². The van der Waals surface area contributed by atoms with Crippen LogP contribution in [0.1, 0.15) is 24.4 Å². The van der Waals surface area contributed by atoms with Crippen LogP contribution >= 0.6 is 0 Å². The quantitative estimate of drug-likeness (QED) is 0.507. The summed E-state index contributed by atoms with van der Waals surface area (Å²) in [6.45, 7) is -0.439. The number of nitrogens with one attached hydrogen (secondary N) is 1. The number of primary sulfonamides is 1. The lowest BCUT2D eigenvalue weighted by Crippen LogP contribution is -2.33. The molecule has 1 atom stereocenters. The van der Waals surface area contributed by atoms with Crippen LogP contribution in [-0.2, 0) is 14.8 Å². The normalized spacial score (nSPS) is 14.9. The number of hydrogen-bond donors (Lipinski definition) is 2. The third-order valence-electron chi connectivity index (χ3n) is 4.38. The van der Waals surface area contributed by atoms with E-state index < -0.39 is 38.0 Å². The maximum Gasteiger partial charge on any atom is 0.312 e. The van der Waals surface area contributed by atoms with Gasteiger partial charge in [-0.15, -0.1) is 0 Å². The summed E-state index contributed by atoms with van der Waals surface area (Å²) in [5.41, 5.74) is 0.406. The monoisotopic (exact) mass is 405 g/mol. The van der Waals surface area contributed by atoms with E-state index in [1.807, 2.05) is 30.3 Å². The largest absolute Gasteiger partial charge is 0.477 e. The van der Waals surface area contributed by atoms with Crippen molar-refractivity contribution in [3.05, 3.63) is 64.2 Å². The van der Waals surface area contributed by atoms with Gasteiger partial charge in [0.05, 0.1) is 15.9 Å². The third-order valence-corrected chi connectivity index (χ3v) is 5.29. The van der Waals surface area contributed by atoms with E-state index in [9.17, 15) is 23.3 Å². The fourth-order valence-electron chi connectivity index (χ4n) is 2.86. The first-order valence-corrected chi connectivity index (χ1v) is 10.1. The molecule has 2 aromatic carbocycles. The number of nitro groups is 1. The number of nitrogens with zero attached hydrogens (tertiary/aromatic N) is 1. The molecule has 28 heavy (non-hydrogen) atoms. The topological polar surface area (TPSA) is 142 Å². The van der Waals surface area contributed by atoms with Gasteiger partial charge in [-0.05, 0) is 36.5 Å². The fourth-order valence-corrected chi connectivity index (χ4v) is 3.39. The number of hydrogen-bond acceptors (Lipinski definition) is 6. The van der Waals surface area contributed by atoms with Crippen molar-refractivity contribution in [3.8, 4) is 5.75 Å². The van der Waals surface area contributed by atoms with Crippen LogP contribution in [0.3, 0.4) is 0 Å². The predicted molar refractivity (Wildman–Crippen MR) is 100 cm³/mol. The maximum atomic E-state index is 12.3. The van der Waals surface area contributed by atoms with Crippen molar-refractivity contribution in [1.29, 1.82) is 0 Å². The Labute approximate surface area is 161 Å². The van der Waals surface area contributed by atoms with Gasteiger partial charge in [0, 0.05) is 6.07 Å². The standard InChI is InChI=1S/C18H19N3O6S/c19-28(25,26)14-8-9-16(15(10-14)21(23)24)27-11-17(22)20-18(13-6-7-13)12-4-2-1-3-5-12/h1-5,8-10,13,18H,6-7,11H2,(H,20,22)(H2,19,25,26). The molecule has 3 N–H and O–H groups in total. The Morgan fingerprint density at radius 2 is 1.93 bits per heavy atom. The van der Waals surface area contributed by atoms with Crippen LogP contribution in [0, 0.1) is 16.0 Å². The van der Waals surface area contributed by atoms with Gasteiger partial charge in [0.1, 0.15) is 0 Å². The molecule has 1 amide bonds. The molecule has 2 aromatic rings. The summed E-state index contributed by atoms with van der Waals surface area (Å²) < 4.78 is 28.0. The van der Waals surface area contributed by atoms with E-state index in [1.54, 1.807) is 0 Å². The lowest BCUT2D eigenvalue weighted by molar-refractivity contribution is -0.386. The molecule has 1 aliphatic rings. The Morgan fingerprint density at radius 1 is 1.25 bits per heavy atom. The van der Waals surface area contributed by atoms with E-state index in [2.05, 4.69) is 5.32 Å². The molecule has 148 valence electrons. The first-order chi connectivity index (χ1) is 13.3. The third kappa shape index (κ3) is 4.84. The number of ether oxygens (including phenoxy) is 1. The van der Waals surface area contributed by atoms with Crippen LogP contribution in [0.2, 0.25) is 0 Å². The van der Waals surface area contributed by atoms with Crippen molar-refractivity contribution in [3.63, 3.8) is 0 Å². The zero-order valence-corrected chi connectivity index (χ0v) is 15.6. The van der Waals surface area contributed by atoms with Crippen LogP contribution in [0.15, 0.2) is 53.4 Å². The molecule has 3 rings (SSSR count). The fraction of sp³-hybridized carbons (Fsp3) is 0.278. The number of rotatable bonds is 8. The van der Waals surface area contributed by atoms with Gasteiger partial charge in [-0.1, -0.05) is 30.3 Å². The number of nitrogens with two attached hydrogens (primary N) is 1. The van der Waals surface area contributed by atoms with Crippen LogP contribution < -0.4 is 15.2 Å². The highest BCUT2D eigenvalue weighted by Crippen LogP contribution is 2.40. The molecular weight excluding hydrogens is 386 g/mol. The first-order valence-electron chi connectivity index (χ1n) is 8.54. The Hall–Kier alpha value is -2.98. The van der Waals surface area contributed by atoms with E-state index in [4.69, 9.17) is 9.88 Å². The summed E-state index contributed by atoms with van der Waals surface area (Å²) in [5.74, 6) is -0.282. The summed E-state index contributed by atoms with van der Waals surface area (Å²) in [4.78, 5) is 22.3. The van der Waals surface area contributed by atoms with Crippen molar-refractivity contribution >= 4 is 21.6 Å². The predicted octanol–water partition coefficient (Wildman–Crippen LogP) is 1.89. The molecule has 1 unspecified atom stereocenters. The summed E-state index contributed by atoms with van der Waals surface area (Å²) in [6, 6.07) is 12.4. The second-order valence-electron chi connectivity index (χ2n) is 6.51. The summed E-state index contributed by atoms with van der Waals surface area (Å²) in [5, 5.41) is 19.1. The van der Waals surface area contributed by atoms with Crippen LogP contribution in [0.5, 0.6) is 5.75 Å². The van der Waals surface area contributed by atoms with Crippen LogP contribution in [-0.4, -0.2) is 25.9 Å². The van der Waals surface area contributed by atoms with E-state index in [0.717, 1.165) is 36.6 Å². The average molecular weight is 405 g/mol. The summed E-state index contributed by atoms with van der Waals surface area (Å²) in [6.07, 6.45) is 2.03. The molecule has 1 saturated carbocycles. The molecule has 0 aromatic heterocycles. The van der Waals surface area contributed by atoms with Gasteiger partial charge in [-0.25, -0.2) is 13.6 Å². The zero-order valence-electron chi connectivity index (χ0n) is 14.8. The number of carbonyl (C=O) groups is 1. The van der Waals surface area contributed by atoms with E-state index in [0.29, 0.717) is 5.92 Å². The highest BCUT2D eigenvalue weighted by Gasteiger charge is 2.33. The minimum atomic E-state index is -4.10. The minimum Gasteiger partial charge on any atom is -0.477 e. The van der Waals surface area contributed by atoms with Gasteiger partial charge in [0.25, 0.3) is 5.91 Å². The van der Waals surface area contributed by atoms with Gasteiger partial charge >= 0.3 is 5.69 Å². The lowest BCUT2D eigenvalue weighted by atomic mass is 10.0. The van der Waals surface area contributed by atoms with E-state index >= 15 is 0 Å². The summed E-state index contributed by atoms with van der Waals surface area (Å²) in [7, 11) is -4.10. The minimum absolute atomic E-state index is 0.142. The number of nitro benzene ring substituents is 1. The molecule has 0 heterocycles. The highest BCUT2D eigenvalue weighted by atomic mass is 32.2. The molecule has 9 nitrogen and oxygen atoms in total. The summed E-state index contributed by atoms with van der Waals surface area (Å²) >= 11 is 0. The molecule has 0 saturated heterocycles. The smallest absolute Gasteiger partial charge is 0.312 e. The first kappa shape index (κ1) is 19.8. The Balaban J connectivity index is 1.69. The molecule has 0 radical (unpaired) electrons. The van der Waals surface area contributed by atoms with Gasteiger partial charge in [0.15, 0.2) is 12.4 Å². The Kier molecular flexibility index (Phi) is 5.61. The second-order valence-corrected chi connectivity index (χ2v) is 8.08. The molecular formula is C18H19N3O6S. The Morgan fingerprint density at radius 3 is 2.50 bits per heavy atom. The highest BCUT2D eigenvalue weighted by molar-refractivity contribution is 7.89. The number of sulfonamides is 1. The molecule has 0 aliphatic heterocycles. The van der Waals surface area contributed by atoms with Crippen molar-refractivity contribution in [2.75, 3.05) is 6.61 Å². The van der Waals surface area contributed by atoms with Crippen molar-refractivity contribution in [2.24, 2.45) is 11.1 Å². The maximum absolute atomic E-state index is 12.3. The molecule has 1 aliphatic carbocycles. The van der Waals surface area contributed by atoms with E-state index in [1.165, 1.54) is 0 Å². The lowest BCUT2D eigenvalue weighted by Gasteiger charge is -2.19. The van der Waals surface area contributed by atoms with Gasteiger partial charge in [0.2, 0.25) is 10.0 Å². The van der Waals surface area contributed by atoms with Gasteiger partial charge in [-0.2, -0.15) is 0 Å². The molecule has 0 bridgehead atoms. The molecule has 10 heteroatoms. The molecule has 0 spiro atoms.